The first-order valence-corrected chi connectivity index (χ1v) is 12.1. The number of phenols is 4. The van der Waals surface area contributed by atoms with Crippen LogP contribution in [0, 0.1) is 6.92 Å². The number of fused-ring (bicyclic) bond motifs is 2. The molecule has 1 heterocycles. The molecule has 0 aromatic heterocycles. The Labute approximate surface area is 225 Å². The average molecular weight is 552 g/mol. The number of ether oxygens (including phenoxy) is 2. The summed E-state index contributed by atoms with van der Waals surface area (Å²) in [6, 6.07) is 5.93. The zero-order valence-electron chi connectivity index (χ0n) is 21.1. The van der Waals surface area contributed by atoms with Crippen molar-refractivity contribution in [2.24, 2.45) is 0 Å². The Balaban J connectivity index is 1.72. The lowest BCUT2D eigenvalue weighted by Gasteiger charge is -2.35. The van der Waals surface area contributed by atoms with Gasteiger partial charge in [0.15, 0.2) is 11.6 Å². The number of aromatic hydroxyl groups is 4. The molecule has 1 aliphatic carbocycles. The minimum Gasteiger partial charge on any atom is -0.507 e. The molecule has 0 unspecified atom stereocenters. The predicted octanol–water partition coefficient (Wildman–Crippen LogP) is 1.28. The lowest BCUT2D eigenvalue weighted by atomic mass is 9.77. The lowest BCUT2D eigenvalue weighted by molar-refractivity contribution is -0.242. The van der Waals surface area contributed by atoms with Crippen LogP contribution < -0.4 is 4.74 Å². The second-order valence-corrected chi connectivity index (χ2v) is 9.61. The van der Waals surface area contributed by atoms with Crippen LogP contribution in [0.25, 0.3) is 11.1 Å². The third-order valence-electron chi connectivity index (χ3n) is 7.02. The highest BCUT2D eigenvalue weighted by molar-refractivity contribution is 6.32. The summed E-state index contributed by atoms with van der Waals surface area (Å²) in [6.45, 7) is 2.10. The van der Waals surface area contributed by atoms with Crippen molar-refractivity contribution in [2.75, 3.05) is 6.61 Å². The number of aryl methyl sites for hydroxylation is 1. The fourth-order valence-electron chi connectivity index (χ4n) is 5.13. The van der Waals surface area contributed by atoms with Crippen LogP contribution in [0.3, 0.4) is 0 Å². The molecule has 1 fully saturated rings. The maximum absolute atomic E-state index is 13.7. The molecule has 208 valence electrons. The van der Waals surface area contributed by atoms with E-state index in [4.69, 9.17) is 9.47 Å². The maximum atomic E-state index is 13.7. The standard InChI is InChI=1S/C28H24O12/c1-9-6-13(31)21-22(23(34)11-4-3-5-12(30)19(11)26(21)37)17(9)20-14(32)7-16(18(10(2)29)25(20)36)40-28-27(38)24(35)15(33)8-39-28/h3-7,15,24,27-28,30-33,35-36,38H,8H2,1-2H3/t15-,24-,27-,28-/m0/s1. The van der Waals surface area contributed by atoms with Gasteiger partial charge in [-0.25, -0.2) is 0 Å². The van der Waals surface area contributed by atoms with Crippen LogP contribution in [-0.4, -0.2) is 84.3 Å². The second kappa shape index (κ2) is 9.61. The Morgan fingerprint density at radius 1 is 0.850 bits per heavy atom. The van der Waals surface area contributed by atoms with E-state index in [-0.39, 0.29) is 27.8 Å². The molecular weight excluding hydrogens is 528 g/mol. The average Bonchev–Trinajstić information content (AvgIpc) is 2.88. The van der Waals surface area contributed by atoms with Gasteiger partial charge in [-0.2, -0.15) is 0 Å². The number of carbonyl (C=O) groups is 3. The Morgan fingerprint density at radius 3 is 2.20 bits per heavy atom. The van der Waals surface area contributed by atoms with Crippen molar-refractivity contribution in [1.82, 2.24) is 0 Å². The Kier molecular flexibility index (Phi) is 6.51. The molecule has 0 bridgehead atoms. The van der Waals surface area contributed by atoms with Crippen molar-refractivity contribution in [2.45, 2.75) is 38.4 Å². The van der Waals surface area contributed by atoms with Crippen molar-refractivity contribution in [3.05, 3.63) is 63.7 Å². The lowest BCUT2D eigenvalue weighted by Crippen LogP contribution is -2.54. The molecule has 3 aromatic rings. The largest absolute Gasteiger partial charge is 0.507 e. The van der Waals surface area contributed by atoms with E-state index in [1.165, 1.54) is 25.1 Å². The van der Waals surface area contributed by atoms with E-state index in [0.29, 0.717) is 0 Å². The molecule has 40 heavy (non-hydrogen) atoms. The SMILES string of the molecule is CC(=O)c1c(O[C@@H]2OC[C@H](O)[C@H](O)[C@@H]2O)cc(O)c(-c2c(C)cc(O)c3c2C(=O)c2cccc(O)c2C3=O)c1O. The zero-order valence-corrected chi connectivity index (χ0v) is 21.1. The predicted molar refractivity (Wildman–Crippen MR) is 135 cm³/mol. The summed E-state index contributed by atoms with van der Waals surface area (Å²) in [5.41, 5.74) is -2.22. The smallest absolute Gasteiger partial charge is 0.228 e. The van der Waals surface area contributed by atoms with Crippen molar-refractivity contribution in [3.63, 3.8) is 0 Å². The Morgan fingerprint density at radius 2 is 1.52 bits per heavy atom. The summed E-state index contributed by atoms with van der Waals surface area (Å²) in [4.78, 5) is 39.7. The summed E-state index contributed by atoms with van der Waals surface area (Å²) in [7, 11) is 0. The number of aliphatic hydroxyl groups is 3. The molecule has 0 spiro atoms. The molecular formula is C28H24O12. The van der Waals surface area contributed by atoms with Crippen LogP contribution in [0.15, 0.2) is 30.3 Å². The fraction of sp³-hybridized carbons (Fsp3) is 0.250. The van der Waals surface area contributed by atoms with E-state index >= 15 is 0 Å². The molecule has 12 nitrogen and oxygen atoms in total. The topological polar surface area (TPSA) is 211 Å². The van der Waals surface area contributed by atoms with Gasteiger partial charge in [-0.1, -0.05) is 12.1 Å². The van der Waals surface area contributed by atoms with Gasteiger partial charge >= 0.3 is 0 Å². The van der Waals surface area contributed by atoms with Gasteiger partial charge in [0.2, 0.25) is 12.1 Å². The molecule has 7 N–H and O–H groups in total. The van der Waals surface area contributed by atoms with Crippen LogP contribution >= 0.6 is 0 Å². The summed E-state index contributed by atoms with van der Waals surface area (Å²) < 4.78 is 10.7. The highest BCUT2D eigenvalue weighted by Gasteiger charge is 2.41. The first kappa shape index (κ1) is 27.1. The van der Waals surface area contributed by atoms with E-state index in [1.54, 1.807) is 0 Å². The Hall–Kier alpha value is -4.49. The van der Waals surface area contributed by atoms with Crippen LogP contribution in [0.4, 0.5) is 0 Å². The third-order valence-corrected chi connectivity index (χ3v) is 7.02. The third kappa shape index (κ3) is 3.97. The van der Waals surface area contributed by atoms with Gasteiger partial charge in [-0.15, -0.1) is 0 Å². The van der Waals surface area contributed by atoms with Crippen LogP contribution in [0.2, 0.25) is 0 Å². The molecule has 3 aromatic carbocycles. The van der Waals surface area contributed by atoms with Gasteiger partial charge in [-0.3, -0.25) is 14.4 Å². The number of benzene rings is 3. The van der Waals surface area contributed by atoms with E-state index in [0.717, 1.165) is 19.1 Å². The molecule has 4 atom stereocenters. The number of phenolic OH excluding ortho intramolecular Hbond substituents is 4. The van der Waals surface area contributed by atoms with E-state index in [1.807, 2.05) is 0 Å². The maximum Gasteiger partial charge on any atom is 0.228 e. The number of ketones is 3. The van der Waals surface area contributed by atoms with Crippen molar-refractivity contribution >= 4 is 17.3 Å². The number of hydrogen-bond acceptors (Lipinski definition) is 12. The van der Waals surface area contributed by atoms with Gasteiger partial charge < -0.3 is 45.2 Å². The van der Waals surface area contributed by atoms with E-state index in [9.17, 15) is 50.1 Å². The second-order valence-electron chi connectivity index (χ2n) is 9.61. The van der Waals surface area contributed by atoms with Crippen LogP contribution in [0.5, 0.6) is 28.7 Å². The molecule has 1 saturated heterocycles. The molecule has 5 rings (SSSR count). The van der Waals surface area contributed by atoms with Crippen molar-refractivity contribution < 1.29 is 59.6 Å². The van der Waals surface area contributed by atoms with E-state index in [2.05, 4.69) is 0 Å². The minimum atomic E-state index is -1.75. The van der Waals surface area contributed by atoms with E-state index < -0.39 is 94.0 Å². The van der Waals surface area contributed by atoms with Crippen molar-refractivity contribution in [3.8, 4) is 39.9 Å². The van der Waals surface area contributed by atoms with Gasteiger partial charge in [0.05, 0.1) is 23.3 Å². The number of aliphatic hydroxyl groups excluding tert-OH is 3. The number of rotatable bonds is 4. The fourth-order valence-corrected chi connectivity index (χ4v) is 5.13. The molecule has 2 aliphatic rings. The van der Waals surface area contributed by atoms with Crippen LogP contribution in [-0.2, 0) is 4.74 Å². The summed E-state index contributed by atoms with van der Waals surface area (Å²) >= 11 is 0. The number of Topliss-reactive ketones (excluding diaryl/α,β-unsaturated/α-hetero) is 1. The molecule has 0 saturated carbocycles. The molecule has 1 aliphatic heterocycles. The Bertz CT molecular complexity index is 1610. The highest BCUT2D eigenvalue weighted by atomic mass is 16.7. The van der Waals surface area contributed by atoms with Gasteiger partial charge in [0.25, 0.3) is 0 Å². The summed E-state index contributed by atoms with van der Waals surface area (Å²) in [6.07, 6.45) is -6.38. The number of carbonyl (C=O) groups excluding carboxylic acids is 3. The van der Waals surface area contributed by atoms with Gasteiger partial charge in [0, 0.05) is 22.8 Å². The highest BCUT2D eigenvalue weighted by Crippen LogP contribution is 2.50. The van der Waals surface area contributed by atoms with Gasteiger partial charge in [-0.05, 0) is 31.5 Å². The zero-order chi connectivity index (χ0) is 29.2. The number of hydrogen-bond donors (Lipinski definition) is 7. The first-order chi connectivity index (χ1) is 18.8. The van der Waals surface area contributed by atoms with Crippen molar-refractivity contribution in [1.29, 1.82) is 0 Å². The normalized spacial score (nSPS) is 22.0. The summed E-state index contributed by atoms with van der Waals surface area (Å²) in [5.74, 6) is -5.45. The molecule has 0 radical (unpaired) electrons. The van der Waals surface area contributed by atoms with Crippen LogP contribution in [0.1, 0.15) is 54.7 Å². The first-order valence-electron chi connectivity index (χ1n) is 12.1. The minimum absolute atomic E-state index is 0.151. The molecule has 0 amide bonds. The van der Waals surface area contributed by atoms with Gasteiger partial charge in [0.1, 0.15) is 52.6 Å². The molecule has 12 heteroatoms. The monoisotopic (exact) mass is 552 g/mol. The summed E-state index contributed by atoms with van der Waals surface area (Å²) in [5, 5.41) is 73.1. The quantitative estimate of drug-likeness (QED) is 0.179.